The lowest BCUT2D eigenvalue weighted by molar-refractivity contribution is -0.385. The number of aliphatic carboxylic acids is 1. The molecule has 0 aliphatic carbocycles. The number of carbonyl (C=O) groups is 1. The smallest absolute Gasteiger partial charge is 0.303 e. The zero-order chi connectivity index (χ0) is 18.4. The van der Waals surface area contributed by atoms with Crippen LogP contribution in [0.1, 0.15) is 18.6 Å². The van der Waals surface area contributed by atoms with Gasteiger partial charge in [0.25, 0.3) is 5.69 Å². The molecule has 1 heterocycles. The molecular formula is C15H16N2O7S. The molecule has 10 heteroatoms. The van der Waals surface area contributed by atoms with Gasteiger partial charge in [-0.2, -0.15) is 4.31 Å². The monoisotopic (exact) mass is 368 g/mol. The standard InChI is InChI=1S/C15H16N2O7S/c18-15(19)7-2-8-16(11-13-5-3-9-24-13)25(22,23)14-6-1-4-12(10-14)17(20)21/h1,3-6,9-10H,2,7-8,11H2,(H,18,19). The van der Waals surface area contributed by atoms with Crippen LogP contribution in [0.4, 0.5) is 5.69 Å². The number of non-ortho nitro benzene ring substituents is 1. The fourth-order valence-corrected chi connectivity index (χ4v) is 3.66. The average molecular weight is 368 g/mol. The van der Waals surface area contributed by atoms with Gasteiger partial charge < -0.3 is 9.52 Å². The molecule has 1 N–H and O–H groups in total. The zero-order valence-corrected chi connectivity index (χ0v) is 13.9. The molecule has 0 fully saturated rings. The number of nitrogens with zero attached hydrogens (tertiary/aromatic N) is 2. The number of hydrogen-bond donors (Lipinski definition) is 1. The molecule has 0 saturated heterocycles. The Morgan fingerprint density at radius 3 is 2.64 bits per heavy atom. The molecule has 0 aliphatic rings. The normalized spacial score (nSPS) is 11.6. The van der Waals surface area contributed by atoms with E-state index < -0.39 is 20.9 Å². The van der Waals surface area contributed by atoms with Crippen molar-refractivity contribution in [3.05, 3.63) is 58.5 Å². The van der Waals surface area contributed by atoms with Crippen LogP contribution in [-0.4, -0.2) is 35.3 Å². The largest absolute Gasteiger partial charge is 0.481 e. The quantitative estimate of drug-likeness (QED) is 0.530. The number of benzene rings is 1. The van der Waals surface area contributed by atoms with Crippen LogP contribution in [-0.2, 0) is 21.4 Å². The summed E-state index contributed by atoms with van der Waals surface area (Å²) in [6, 6.07) is 7.90. The summed E-state index contributed by atoms with van der Waals surface area (Å²) >= 11 is 0. The maximum absolute atomic E-state index is 12.8. The summed E-state index contributed by atoms with van der Waals surface area (Å²) in [4.78, 5) is 20.6. The summed E-state index contributed by atoms with van der Waals surface area (Å²) in [6.07, 6.45) is 1.30. The number of rotatable bonds is 9. The summed E-state index contributed by atoms with van der Waals surface area (Å²) in [5.41, 5.74) is -0.343. The molecule has 2 rings (SSSR count). The molecule has 0 atom stereocenters. The van der Waals surface area contributed by atoms with Crippen LogP contribution in [0, 0.1) is 10.1 Å². The van der Waals surface area contributed by atoms with Gasteiger partial charge in [-0.3, -0.25) is 14.9 Å². The van der Waals surface area contributed by atoms with Crippen molar-refractivity contribution >= 4 is 21.7 Å². The van der Waals surface area contributed by atoms with E-state index in [1.165, 1.54) is 24.5 Å². The van der Waals surface area contributed by atoms with Crippen LogP contribution < -0.4 is 0 Å². The molecule has 1 aromatic heterocycles. The van der Waals surface area contributed by atoms with E-state index in [2.05, 4.69) is 0 Å². The highest BCUT2D eigenvalue weighted by Gasteiger charge is 2.27. The Morgan fingerprint density at radius 1 is 1.28 bits per heavy atom. The molecule has 25 heavy (non-hydrogen) atoms. The Balaban J connectivity index is 2.31. The van der Waals surface area contributed by atoms with Crippen LogP contribution >= 0.6 is 0 Å². The van der Waals surface area contributed by atoms with Gasteiger partial charge >= 0.3 is 5.97 Å². The minimum Gasteiger partial charge on any atom is -0.481 e. The number of carboxylic acids is 1. The molecular weight excluding hydrogens is 352 g/mol. The van der Waals surface area contributed by atoms with E-state index in [-0.39, 0.29) is 36.5 Å². The van der Waals surface area contributed by atoms with Crippen LogP contribution in [0.25, 0.3) is 0 Å². The number of nitro groups is 1. The Labute approximate surface area is 143 Å². The van der Waals surface area contributed by atoms with Crippen molar-refractivity contribution in [2.24, 2.45) is 0 Å². The van der Waals surface area contributed by atoms with Gasteiger partial charge in [0.2, 0.25) is 10.0 Å². The first-order valence-electron chi connectivity index (χ1n) is 7.29. The highest BCUT2D eigenvalue weighted by Crippen LogP contribution is 2.23. The van der Waals surface area contributed by atoms with E-state index in [1.54, 1.807) is 12.1 Å². The minimum atomic E-state index is -4.06. The lowest BCUT2D eigenvalue weighted by atomic mass is 10.3. The molecule has 9 nitrogen and oxygen atoms in total. The summed E-state index contributed by atoms with van der Waals surface area (Å²) < 4.78 is 31.8. The van der Waals surface area contributed by atoms with E-state index in [0.717, 1.165) is 10.4 Å². The van der Waals surface area contributed by atoms with Crippen molar-refractivity contribution in [1.29, 1.82) is 0 Å². The van der Waals surface area contributed by atoms with E-state index in [0.29, 0.717) is 5.76 Å². The lowest BCUT2D eigenvalue weighted by Crippen LogP contribution is -2.31. The van der Waals surface area contributed by atoms with Gasteiger partial charge in [-0.05, 0) is 24.6 Å². The number of furan rings is 1. The Morgan fingerprint density at radius 2 is 2.04 bits per heavy atom. The summed E-state index contributed by atoms with van der Waals surface area (Å²) in [5, 5.41) is 19.6. The van der Waals surface area contributed by atoms with Gasteiger partial charge in [0, 0.05) is 25.1 Å². The van der Waals surface area contributed by atoms with Crippen molar-refractivity contribution in [3.8, 4) is 0 Å². The maximum Gasteiger partial charge on any atom is 0.303 e. The van der Waals surface area contributed by atoms with Gasteiger partial charge in [0.1, 0.15) is 5.76 Å². The first-order valence-corrected chi connectivity index (χ1v) is 8.73. The van der Waals surface area contributed by atoms with E-state index >= 15 is 0 Å². The first kappa shape index (κ1) is 18.6. The van der Waals surface area contributed by atoms with Gasteiger partial charge in [-0.1, -0.05) is 6.07 Å². The summed E-state index contributed by atoms with van der Waals surface area (Å²) in [6.45, 7) is -0.157. The topological polar surface area (TPSA) is 131 Å². The molecule has 0 saturated carbocycles. The third-order valence-electron chi connectivity index (χ3n) is 3.38. The van der Waals surface area contributed by atoms with E-state index in [1.807, 2.05) is 0 Å². The molecule has 0 amide bonds. The molecule has 1 aromatic carbocycles. The van der Waals surface area contributed by atoms with E-state index in [9.17, 15) is 23.3 Å². The first-order chi connectivity index (χ1) is 11.8. The lowest BCUT2D eigenvalue weighted by Gasteiger charge is -2.21. The second-order valence-corrected chi connectivity index (χ2v) is 7.11. The van der Waals surface area contributed by atoms with Crippen molar-refractivity contribution < 1.29 is 27.7 Å². The predicted octanol–water partition coefficient (Wildman–Crippen LogP) is 2.24. The highest BCUT2D eigenvalue weighted by atomic mass is 32.2. The molecule has 0 spiro atoms. The van der Waals surface area contributed by atoms with Gasteiger partial charge in [0.15, 0.2) is 0 Å². The van der Waals surface area contributed by atoms with Crippen molar-refractivity contribution in [2.45, 2.75) is 24.3 Å². The molecule has 134 valence electrons. The Hall–Kier alpha value is -2.72. The van der Waals surface area contributed by atoms with Crippen molar-refractivity contribution in [1.82, 2.24) is 4.31 Å². The minimum absolute atomic E-state index is 0.0575. The Kier molecular flexibility index (Phi) is 5.88. The number of nitro benzene ring substituents is 1. The van der Waals surface area contributed by atoms with Crippen LogP contribution in [0.3, 0.4) is 0 Å². The van der Waals surface area contributed by atoms with Crippen LogP contribution in [0.15, 0.2) is 52.0 Å². The second-order valence-electron chi connectivity index (χ2n) is 5.17. The third-order valence-corrected chi connectivity index (χ3v) is 5.22. The fraction of sp³-hybridized carbons (Fsp3) is 0.267. The molecule has 0 aliphatic heterocycles. The second kappa shape index (κ2) is 7.90. The molecule has 0 bridgehead atoms. The number of hydrogen-bond acceptors (Lipinski definition) is 6. The highest BCUT2D eigenvalue weighted by molar-refractivity contribution is 7.89. The SMILES string of the molecule is O=C(O)CCCN(Cc1ccco1)S(=O)(=O)c1cccc([N+](=O)[O-])c1. The predicted molar refractivity (Wildman–Crippen MR) is 86.3 cm³/mol. The van der Waals surface area contributed by atoms with Crippen LogP contribution in [0.2, 0.25) is 0 Å². The third kappa shape index (κ3) is 4.88. The molecule has 0 radical (unpaired) electrons. The van der Waals surface area contributed by atoms with Crippen molar-refractivity contribution in [2.75, 3.05) is 6.54 Å². The molecule has 0 unspecified atom stereocenters. The van der Waals surface area contributed by atoms with Gasteiger partial charge in [-0.15, -0.1) is 0 Å². The summed E-state index contributed by atoms with van der Waals surface area (Å²) in [5.74, 6) is -0.657. The number of carboxylic acid groups (broad SMARTS) is 1. The van der Waals surface area contributed by atoms with Gasteiger partial charge in [-0.25, -0.2) is 8.42 Å². The van der Waals surface area contributed by atoms with E-state index in [4.69, 9.17) is 9.52 Å². The van der Waals surface area contributed by atoms with Crippen LogP contribution in [0.5, 0.6) is 0 Å². The van der Waals surface area contributed by atoms with Crippen molar-refractivity contribution in [3.63, 3.8) is 0 Å². The maximum atomic E-state index is 12.8. The van der Waals surface area contributed by atoms with Gasteiger partial charge in [0.05, 0.1) is 22.6 Å². The summed E-state index contributed by atoms with van der Waals surface area (Å²) in [7, 11) is -4.06. The fourth-order valence-electron chi connectivity index (χ4n) is 2.17. The average Bonchev–Trinajstić information content (AvgIpc) is 3.06. The zero-order valence-electron chi connectivity index (χ0n) is 13.1. The Bertz CT molecular complexity index is 847. The molecule has 2 aromatic rings. The number of sulfonamides is 1.